The van der Waals surface area contributed by atoms with Gasteiger partial charge in [-0.05, 0) is 23.8 Å². The molecule has 2 N–H and O–H groups in total. The number of hydrogen-bond donors (Lipinski definition) is 1. The van der Waals surface area contributed by atoms with Gasteiger partial charge in [-0.1, -0.05) is 18.2 Å². The third kappa shape index (κ3) is 4.52. The fourth-order valence-corrected chi connectivity index (χ4v) is 2.79. The van der Waals surface area contributed by atoms with Crippen LogP contribution in [0, 0.1) is 0 Å². The van der Waals surface area contributed by atoms with Crippen molar-refractivity contribution in [2.24, 2.45) is 5.73 Å². The van der Waals surface area contributed by atoms with Gasteiger partial charge in [-0.2, -0.15) is 13.2 Å². The summed E-state index contributed by atoms with van der Waals surface area (Å²) < 4.78 is 38.5. The molecule has 0 aliphatic carbocycles. The minimum Gasteiger partial charge on any atom is -0.366 e. The molecule has 0 unspecified atom stereocenters. The molecule has 3 rings (SSSR count). The Morgan fingerprint density at radius 3 is 2.63 bits per heavy atom. The molecule has 1 amide bonds. The average Bonchev–Trinajstić information content (AvgIpc) is 3.03. The number of aromatic nitrogens is 2. The quantitative estimate of drug-likeness (QED) is 0.716. The summed E-state index contributed by atoms with van der Waals surface area (Å²) in [4.78, 5) is 27.3. The first kappa shape index (κ1) is 18.6. The van der Waals surface area contributed by atoms with Crippen LogP contribution < -0.4 is 5.73 Å². The van der Waals surface area contributed by atoms with Crippen LogP contribution in [0.2, 0.25) is 0 Å². The van der Waals surface area contributed by atoms with Crippen molar-refractivity contribution >= 4 is 17.3 Å². The maximum Gasteiger partial charge on any atom is 0.389 e. The predicted molar refractivity (Wildman–Crippen MR) is 93.1 cm³/mol. The van der Waals surface area contributed by atoms with Gasteiger partial charge in [-0.15, -0.1) is 0 Å². The molecule has 0 saturated heterocycles. The highest BCUT2D eigenvalue weighted by Gasteiger charge is 2.27. The third-order valence-electron chi connectivity index (χ3n) is 4.11. The van der Waals surface area contributed by atoms with E-state index in [1.54, 1.807) is 47.1 Å². The number of rotatable bonds is 6. The van der Waals surface area contributed by atoms with Gasteiger partial charge in [0.05, 0.1) is 18.3 Å². The average molecular weight is 375 g/mol. The number of imidazole rings is 1. The van der Waals surface area contributed by atoms with Gasteiger partial charge in [0.25, 0.3) is 0 Å². The van der Waals surface area contributed by atoms with E-state index in [4.69, 9.17) is 5.73 Å². The van der Waals surface area contributed by atoms with Gasteiger partial charge in [0.1, 0.15) is 11.4 Å². The first-order valence-corrected chi connectivity index (χ1v) is 8.17. The largest absolute Gasteiger partial charge is 0.389 e. The van der Waals surface area contributed by atoms with Gasteiger partial charge in [0, 0.05) is 30.2 Å². The number of alkyl halides is 3. The SMILES string of the molecule is NC(=O)c1ccn2c(-c3cccc(CC(=O)CCC(F)(F)F)c3)cnc2c1. The number of amides is 1. The smallest absolute Gasteiger partial charge is 0.366 e. The fraction of sp³-hybridized carbons (Fsp3) is 0.211. The molecule has 2 aromatic heterocycles. The maximum atomic E-state index is 12.2. The van der Waals surface area contributed by atoms with Gasteiger partial charge in [0.15, 0.2) is 0 Å². The number of nitrogens with zero attached hydrogens (tertiary/aromatic N) is 2. The Balaban J connectivity index is 1.82. The number of carbonyl (C=O) groups excluding carboxylic acids is 2. The van der Waals surface area contributed by atoms with Crippen molar-refractivity contribution in [2.45, 2.75) is 25.4 Å². The number of nitrogens with two attached hydrogens (primary N) is 1. The summed E-state index contributed by atoms with van der Waals surface area (Å²) in [7, 11) is 0. The van der Waals surface area contributed by atoms with Crippen molar-refractivity contribution in [3.8, 4) is 11.3 Å². The van der Waals surface area contributed by atoms with Crippen LogP contribution in [0.4, 0.5) is 13.2 Å². The van der Waals surface area contributed by atoms with Crippen LogP contribution in [0.25, 0.3) is 16.9 Å². The van der Waals surface area contributed by atoms with Crippen LogP contribution in [0.1, 0.15) is 28.8 Å². The summed E-state index contributed by atoms with van der Waals surface area (Å²) in [5, 5.41) is 0. The fourth-order valence-electron chi connectivity index (χ4n) is 2.79. The molecule has 0 fully saturated rings. The second-order valence-corrected chi connectivity index (χ2v) is 6.18. The van der Waals surface area contributed by atoms with Gasteiger partial charge < -0.3 is 5.73 Å². The number of ketones is 1. The number of hydrogen-bond acceptors (Lipinski definition) is 3. The molecule has 140 valence electrons. The third-order valence-corrected chi connectivity index (χ3v) is 4.11. The van der Waals surface area contributed by atoms with E-state index < -0.39 is 30.7 Å². The zero-order chi connectivity index (χ0) is 19.6. The van der Waals surface area contributed by atoms with E-state index in [2.05, 4.69) is 4.98 Å². The molecule has 5 nitrogen and oxygen atoms in total. The molecule has 27 heavy (non-hydrogen) atoms. The molecule has 2 heterocycles. The minimum atomic E-state index is -4.34. The minimum absolute atomic E-state index is 0.0630. The number of primary amides is 1. The molecule has 0 atom stereocenters. The Labute approximate surface area is 152 Å². The first-order chi connectivity index (χ1) is 12.7. The Morgan fingerprint density at radius 2 is 1.93 bits per heavy atom. The van der Waals surface area contributed by atoms with E-state index in [-0.39, 0.29) is 6.42 Å². The molecular formula is C19H16F3N3O2. The zero-order valence-corrected chi connectivity index (χ0v) is 14.2. The van der Waals surface area contributed by atoms with Crippen molar-refractivity contribution < 1.29 is 22.8 Å². The molecule has 1 aromatic carbocycles. The Morgan fingerprint density at radius 1 is 1.15 bits per heavy atom. The van der Waals surface area contributed by atoms with Crippen LogP contribution in [-0.4, -0.2) is 27.3 Å². The van der Waals surface area contributed by atoms with Crippen LogP contribution in [0.15, 0.2) is 48.8 Å². The normalized spacial score (nSPS) is 11.7. The lowest BCUT2D eigenvalue weighted by atomic mass is 10.0. The van der Waals surface area contributed by atoms with Crippen LogP contribution in [-0.2, 0) is 11.2 Å². The van der Waals surface area contributed by atoms with Crippen molar-refractivity contribution in [1.82, 2.24) is 9.38 Å². The van der Waals surface area contributed by atoms with E-state index >= 15 is 0 Å². The van der Waals surface area contributed by atoms with Gasteiger partial charge in [0.2, 0.25) is 5.91 Å². The van der Waals surface area contributed by atoms with Crippen molar-refractivity contribution in [1.29, 1.82) is 0 Å². The summed E-state index contributed by atoms with van der Waals surface area (Å²) in [6, 6.07) is 10.1. The number of Topliss-reactive ketones (excluding diaryl/α,β-unsaturated/α-hetero) is 1. The number of halogens is 3. The second-order valence-electron chi connectivity index (χ2n) is 6.18. The van der Waals surface area contributed by atoms with E-state index in [9.17, 15) is 22.8 Å². The van der Waals surface area contributed by atoms with E-state index in [0.717, 1.165) is 11.3 Å². The monoisotopic (exact) mass is 375 g/mol. The lowest BCUT2D eigenvalue weighted by molar-refractivity contribution is -0.143. The van der Waals surface area contributed by atoms with Gasteiger partial charge in [-0.25, -0.2) is 4.98 Å². The molecule has 3 aromatic rings. The summed E-state index contributed by atoms with van der Waals surface area (Å²) in [5.41, 5.74) is 8.25. The van der Waals surface area contributed by atoms with Crippen molar-refractivity contribution in [2.75, 3.05) is 0 Å². The second kappa shape index (κ2) is 7.22. The molecule has 0 aliphatic heterocycles. The lowest BCUT2D eigenvalue weighted by Crippen LogP contribution is -2.12. The van der Waals surface area contributed by atoms with Crippen LogP contribution in [0.5, 0.6) is 0 Å². The predicted octanol–water partition coefficient (Wildman–Crippen LogP) is 3.55. The highest BCUT2D eigenvalue weighted by molar-refractivity contribution is 5.93. The highest BCUT2D eigenvalue weighted by Crippen LogP contribution is 2.24. The molecule has 0 aliphatic rings. The van der Waals surface area contributed by atoms with E-state index in [1.807, 2.05) is 6.07 Å². The summed E-state index contributed by atoms with van der Waals surface area (Å²) in [6.45, 7) is 0. The summed E-state index contributed by atoms with van der Waals surface area (Å²) in [6.07, 6.45) is -2.76. The standard InChI is InChI=1S/C19H16F3N3O2/c20-19(21,22)6-4-15(26)9-12-2-1-3-13(8-12)16-11-24-17-10-14(18(23)27)5-7-25(16)17/h1-3,5,7-8,10-11H,4,6,9H2,(H2,23,27). The molecular weight excluding hydrogens is 359 g/mol. The summed E-state index contributed by atoms with van der Waals surface area (Å²) >= 11 is 0. The van der Waals surface area contributed by atoms with Gasteiger partial charge >= 0.3 is 6.18 Å². The number of pyridine rings is 1. The number of benzene rings is 1. The number of fused-ring (bicyclic) bond motifs is 1. The Hall–Kier alpha value is -3.16. The zero-order valence-electron chi connectivity index (χ0n) is 14.2. The van der Waals surface area contributed by atoms with E-state index in [0.29, 0.717) is 16.8 Å². The van der Waals surface area contributed by atoms with Crippen molar-refractivity contribution in [3.63, 3.8) is 0 Å². The van der Waals surface area contributed by atoms with E-state index in [1.165, 1.54) is 0 Å². The van der Waals surface area contributed by atoms with Crippen LogP contribution in [0.3, 0.4) is 0 Å². The molecule has 0 radical (unpaired) electrons. The number of carbonyl (C=O) groups is 2. The molecule has 0 saturated carbocycles. The lowest BCUT2D eigenvalue weighted by Gasteiger charge is -2.07. The Bertz CT molecular complexity index is 1010. The molecule has 0 bridgehead atoms. The van der Waals surface area contributed by atoms with Crippen molar-refractivity contribution in [3.05, 3.63) is 59.9 Å². The summed E-state index contributed by atoms with van der Waals surface area (Å²) in [5.74, 6) is -1.02. The van der Waals surface area contributed by atoms with Crippen LogP contribution >= 0.6 is 0 Å². The van der Waals surface area contributed by atoms with Gasteiger partial charge in [-0.3, -0.25) is 14.0 Å². The maximum absolute atomic E-state index is 12.2. The first-order valence-electron chi connectivity index (χ1n) is 8.17. The topological polar surface area (TPSA) is 77.5 Å². The Kier molecular flexibility index (Phi) is 4.98. The highest BCUT2D eigenvalue weighted by atomic mass is 19.4. The molecule has 0 spiro atoms. The molecule has 8 heteroatoms.